The van der Waals surface area contributed by atoms with Gasteiger partial charge in [0.05, 0.1) is 0 Å². The third-order valence-corrected chi connectivity index (χ3v) is 0.667. The van der Waals surface area contributed by atoms with Crippen molar-refractivity contribution in [2.75, 3.05) is 14.1 Å². The highest BCUT2D eigenvalue weighted by atomic mass is 14.9. The van der Waals surface area contributed by atoms with Crippen LogP contribution in [0.2, 0.25) is 0 Å². The van der Waals surface area contributed by atoms with Gasteiger partial charge in [0.25, 0.3) is 0 Å². The summed E-state index contributed by atoms with van der Waals surface area (Å²) in [5.74, 6) is 0. The fourth-order valence-electron chi connectivity index (χ4n) is 0.385. The first-order valence-corrected chi connectivity index (χ1v) is 3.15. The molecular weight excluding hydrogens is 121 g/mol. The second-order valence-corrected chi connectivity index (χ2v) is 2.12. The van der Waals surface area contributed by atoms with Gasteiger partial charge in [0.2, 0.25) is 0 Å². The molecule has 0 atom stereocenters. The van der Waals surface area contributed by atoms with Crippen LogP contribution in [0.4, 0.5) is 0 Å². The van der Waals surface area contributed by atoms with Crippen molar-refractivity contribution >= 4 is 7.98 Å². The average Bonchev–Trinajstić information content (AvgIpc) is 1.90. The van der Waals surface area contributed by atoms with E-state index in [0.29, 0.717) is 0 Å². The average molecular weight is 133 g/mol. The molecule has 0 saturated heterocycles. The molecular formula is C8H12BN. The van der Waals surface area contributed by atoms with Crippen molar-refractivity contribution in [2.24, 2.45) is 0 Å². The smallest absolute Gasteiger partial charge is 0.181 e. The van der Waals surface area contributed by atoms with E-state index in [1.165, 1.54) is 4.81 Å². The Morgan fingerprint density at radius 1 is 0.800 bits per heavy atom. The molecule has 1 aromatic rings. The minimum absolute atomic E-state index is 1.50. The van der Waals surface area contributed by atoms with E-state index in [1.807, 2.05) is 36.4 Å². The van der Waals surface area contributed by atoms with Gasteiger partial charge in [-0.3, -0.25) is 0 Å². The molecule has 52 valence electrons. The van der Waals surface area contributed by atoms with Gasteiger partial charge in [0, 0.05) is 0 Å². The summed E-state index contributed by atoms with van der Waals surface area (Å²) in [7, 11) is 8.50. The van der Waals surface area contributed by atoms with Crippen LogP contribution in [0.3, 0.4) is 0 Å². The van der Waals surface area contributed by atoms with Crippen LogP contribution in [0.25, 0.3) is 0 Å². The monoisotopic (exact) mass is 133 g/mol. The van der Waals surface area contributed by atoms with Crippen molar-refractivity contribution in [2.45, 2.75) is 0 Å². The van der Waals surface area contributed by atoms with Crippen molar-refractivity contribution < 1.29 is 0 Å². The van der Waals surface area contributed by atoms with Gasteiger partial charge in [-0.05, 0) is 14.1 Å². The first-order chi connectivity index (χ1) is 4.73. The van der Waals surface area contributed by atoms with Gasteiger partial charge >= 0.3 is 0 Å². The van der Waals surface area contributed by atoms with Gasteiger partial charge in [-0.25, -0.2) is 0 Å². The summed E-state index contributed by atoms with van der Waals surface area (Å²) in [6.45, 7) is 0. The maximum atomic E-state index is 4.94. The lowest BCUT2D eigenvalue weighted by Crippen LogP contribution is -2.02. The molecule has 2 heteroatoms. The first-order valence-electron chi connectivity index (χ1n) is 3.15. The Labute approximate surface area is 64.1 Å². The van der Waals surface area contributed by atoms with Crippen LogP contribution >= 0.6 is 0 Å². The van der Waals surface area contributed by atoms with Gasteiger partial charge in [-0.15, -0.1) is 0 Å². The SMILES string of the molecule is [B]N(C)C.c1ccccc1. The Hall–Kier alpha value is -0.755. The van der Waals surface area contributed by atoms with Crippen molar-refractivity contribution in [3.05, 3.63) is 36.4 Å². The summed E-state index contributed by atoms with van der Waals surface area (Å²) in [5.41, 5.74) is 0. The van der Waals surface area contributed by atoms with Gasteiger partial charge in [0.1, 0.15) is 0 Å². The Morgan fingerprint density at radius 2 is 0.900 bits per heavy atom. The zero-order valence-corrected chi connectivity index (χ0v) is 6.49. The molecule has 2 radical (unpaired) electrons. The predicted octanol–water partition coefficient (Wildman–Crippen LogP) is 1.32. The van der Waals surface area contributed by atoms with E-state index < -0.39 is 0 Å². The molecule has 1 nitrogen and oxygen atoms in total. The van der Waals surface area contributed by atoms with Crippen LogP contribution in [0.15, 0.2) is 36.4 Å². The second kappa shape index (κ2) is 6.37. The summed E-state index contributed by atoms with van der Waals surface area (Å²) in [4.78, 5) is 1.50. The third kappa shape index (κ3) is 10.3. The summed E-state index contributed by atoms with van der Waals surface area (Å²) < 4.78 is 0. The van der Waals surface area contributed by atoms with E-state index in [4.69, 9.17) is 7.98 Å². The molecule has 0 amide bonds. The summed E-state index contributed by atoms with van der Waals surface area (Å²) in [5, 5.41) is 0. The van der Waals surface area contributed by atoms with E-state index in [2.05, 4.69) is 0 Å². The van der Waals surface area contributed by atoms with Gasteiger partial charge in [0.15, 0.2) is 7.98 Å². The number of hydrogen-bond acceptors (Lipinski definition) is 1. The van der Waals surface area contributed by atoms with Crippen LogP contribution in [0.5, 0.6) is 0 Å². The summed E-state index contributed by atoms with van der Waals surface area (Å²) >= 11 is 0. The Bertz CT molecular complexity index is 110. The lowest BCUT2D eigenvalue weighted by Gasteiger charge is -1.90. The van der Waals surface area contributed by atoms with Gasteiger partial charge in [-0.2, -0.15) is 0 Å². The second-order valence-electron chi connectivity index (χ2n) is 2.12. The van der Waals surface area contributed by atoms with Crippen molar-refractivity contribution in [1.82, 2.24) is 4.81 Å². The minimum Gasteiger partial charge on any atom is -0.359 e. The van der Waals surface area contributed by atoms with E-state index in [-0.39, 0.29) is 0 Å². The molecule has 0 spiro atoms. The summed E-state index contributed by atoms with van der Waals surface area (Å²) in [6.07, 6.45) is 0. The molecule has 0 saturated carbocycles. The van der Waals surface area contributed by atoms with Crippen LogP contribution in [-0.4, -0.2) is 26.9 Å². The van der Waals surface area contributed by atoms with Gasteiger partial charge < -0.3 is 4.81 Å². The van der Waals surface area contributed by atoms with E-state index in [9.17, 15) is 0 Å². The molecule has 1 aromatic carbocycles. The largest absolute Gasteiger partial charge is 0.359 e. The number of rotatable bonds is 0. The minimum atomic E-state index is 1.50. The molecule has 0 heterocycles. The van der Waals surface area contributed by atoms with Crippen molar-refractivity contribution in [3.8, 4) is 0 Å². The molecule has 0 N–H and O–H groups in total. The first kappa shape index (κ1) is 9.24. The third-order valence-electron chi connectivity index (χ3n) is 0.667. The zero-order chi connectivity index (χ0) is 7.82. The highest BCUT2D eigenvalue weighted by molar-refractivity contribution is 6.03. The van der Waals surface area contributed by atoms with Crippen LogP contribution in [0.1, 0.15) is 0 Å². The molecule has 0 unspecified atom stereocenters. The lowest BCUT2D eigenvalue weighted by molar-refractivity contribution is 0.679. The van der Waals surface area contributed by atoms with Crippen LogP contribution in [0, 0.1) is 0 Å². The molecule has 1 rings (SSSR count). The number of hydrogen-bond donors (Lipinski definition) is 0. The maximum absolute atomic E-state index is 4.94. The molecule has 0 aliphatic carbocycles. The molecule has 0 aliphatic rings. The van der Waals surface area contributed by atoms with Gasteiger partial charge in [-0.1, -0.05) is 36.4 Å². The number of nitrogens with zero attached hydrogens (tertiary/aromatic N) is 1. The Morgan fingerprint density at radius 3 is 1.00 bits per heavy atom. The standard InChI is InChI=1S/C6H6.C2H6BN/c1-2-4-6-5-3-1;1-4(2)3/h1-6H;1-2H3. The fraction of sp³-hybridized carbons (Fsp3) is 0.250. The molecule has 10 heavy (non-hydrogen) atoms. The van der Waals surface area contributed by atoms with E-state index >= 15 is 0 Å². The lowest BCUT2D eigenvalue weighted by atomic mass is 10.4. The Balaban J connectivity index is 0.000000180. The van der Waals surface area contributed by atoms with E-state index in [1.54, 1.807) is 14.1 Å². The zero-order valence-electron chi connectivity index (χ0n) is 6.49. The molecule has 0 bridgehead atoms. The topological polar surface area (TPSA) is 3.24 Å². The van der Waals surface area contributed by atoms with E-state index in [0.717, 1.165) is 0 Å². The highest BCUT2D eigenvalue weighted by Gasteiger charge is 1.59. The molecule has 0 aliphatic heterocycles. The quantitative estimate of drug-likeness (QED) is 0.482. The van der Waals surface area contributed by atoms with Crippen LogP contribution < -0.4 is 0 Å². The normalized spacial score (nSPS) is 8.30. The number of benzene rings is 1. The summed E-state index contributed by atoms with van der Waals surface area (Å²) in [6, 6.07) is 12.0. The van der Waals surface area contributed by atoms with Crippen molar-refractivity contribution in [1.29, 1.82) is 0 Å². The molecule has 0 aromatic heterocycles. The van der Waals surface area contributed by atoms with Crippen molar-refractivity contribution in [3.63, 3.8) is 0 Å². The maximum Gasteiger partial charge on any atom is 0.181 e. The predicted molar refractivity (Wildman–Crippen MR) is 45.9 cm³/mol. The van der Waals surface area contributed by atoms with Crippen LogP contribution in [-0.2, 0) is 0 Å². The molecule has 0 fully saturated rings. The Kier molecular flexibility index (Phi) is 5.89. The highest BCUT2D eigenvalue weighted by Crippen LogP contribution is 1.79. The fourth-order valence-corrected chi connectivity index (χ4v) is 0.385.